The van der Waals surface area contributed by atoms with Gasteiger partial charge in [-0.25, -0.2) is 8.42 Å². The summed E-state index contributed by atoms with van der Waals surface area (Å²) in [7, 11) is -3.52. The van der Waals surface area contributed by atoms with Crippen LogP contribution < -0.4 is 10.1 Å². The first kappa shape index (κ1) is 21.8. The summed E-state index contributed by atoms with van der Waals surface area (Å²) in [5.74, 6) is 0.438. The molecule has 2 aromatic rings. The van der Waals surface area contributed by atoms with Crippen molar-refractivity contribution in [2.75, 3.05) is 26.2 Å². The molecular formula is C21H28N2O4S2. The number of nitrogens with zero attached hydrogens (tertiary/aromatic N) is 1. The summed E-state index contributed by atoms with van der Waals surface area (Å²) in [6, 6.07) is 11.3. The second-order valence-electron chi connectivity index (χ2n) is 7.38. The number of ether oxygens (including phenoxy) is 1. The maximum atomic E-state index is 12.8. The van der Waals surface area contributed by atoms with Crippen LogP contribution in [-0.2, 0) is 14.8 Å². The Labute approximate surface area is 176 Å². The number of carbonyl (C=O) groups is 1. The minimum Gasteiger partial charge on any atom is -0.494 e. The van der Waals surface area contributed by atoms with E-state index in [0.717, 1.165) is 16.2 Å². The molecule has 158 valence electrons. The highest BCUT2D eigenvalue weighted by atomic mass is 32.2. The van der Waals surface area contributed by atoms with Gasteiger partial charge in [0.2, 0.25) is 5.91 Å². The topological polar surface area (TPSA) is 75.7 Å². The Morgan fingerprint density at radius 3 is 2.83 bits per heavy atom. The van der Waals surface area contributed by atoms with Crippen LogP contribution in [0.3, 0.4) is 0 Å². The van der Waals surface area contributed by atoms with E-state index in [1.807, 2.05) is 44.2 Å². The van der Waals surface area contributed by atoms with E-state index < -0.39 is 10.0 Å². The summed E-state index contributed by atoms with van der Waals surface area (Å²) in [6.45, 7) is 5.64. The average molecular weight is 437 g/mol. The molecule has 1 aromatic carbocycles. The highest BCUT2D eigenvalue weighted by Crippen LogP contribution is 2.28. The molecule has 0 aliphatic carbocycles. The highest BCUT2D eigenvalue weighted by Gasteiger charge is 2.33. The maximum Gasteiger partial charge on any atom is 0.252 e. The van der Waals surface area contributed by atoms with E-state index in [1.54, 1.807) is 6.07 Å². The minimum atomic E-state index is -3.52. The minimum absolute atomic E-state index is 0.0807. The van der Waals surface area contributed by atoms with Crippen LogP contribution >= 0.6 is 11.3 Å². The number of thiophene rings is 1. The molecule has 3 rings (SSSR count). The Balaban J connectivity index is 1.44. The van der Waals surface area contributed by atoms with Crippen molar-refractivity contribution in [1.82, 2.24) is 9.62 Å². The molecule has 1 fully saturated rings. The number of benzene rings is 1. The molecule has 1 aliphatic heterocycles. The number of carbonyl (C=O) groups excluding carboxylic acids is 1. The van der Waals surface area contributed by atoms with Crippen LogP contribution in [0.15, 0.2) is 40.6 Å². The molecule has 1 unspecified atom stereocenters. The predicted molar refractivity (Wildman–Crippen MR) is 115 cm³/mol. The summed E-state index contributed by atoms with van der Waals surface area (Å²) in [6.07, 6.45) is 2.10. The number of sulfonamides is 1. The molecule has 0 radical (unpaired) electrons. The smallest absolute Gasteiger partial charge is 0.252 e. The lowest BCUT2D eigenvalue weighted by Crippen LogP contribution is -2.45. The maximum absolute atomic E-state index is 12.8. The second-order valence-corrected chi connectivity index (χ2v) is 10.8. The molecule has 1 amide bonds. The molecule has 0 saturated carbocycles. The standard InChI is InChI=1S/C21H28N2O4S2/c1-16-6-3-8-19(14-16)27-13-5-11-22-21(24)18-7-4-12-23(15-18)29(25,26)20-10-9-17(2)28-20/h3,6,8-10,14,18H,4-5,7,11-13,15H2,1-2H3,(H,22,24). The molecule has 1 aromatic heterocycles. The van der Waals surface area contributed by atoms with E-state index in [4.69, 9.17) is 4.74 Å². The molecule has 1 aliphatic rings. The molecule has 6 nitrogen and oxygen atoms in total. The fourth-order valence-electron chi connectivity index (χ4n) is 3.38. The third-order valence-corrected chi connectivity index (χ3v) is 8.28. The first-order chi connectivity index (χ1) is 13.9. The van der Waals surface area contributed by atoms with Crippen LogP contribution in [0.25, 0.3) is 0 Å². The number of amides is 1. The molecule has 0 bridgehead atoms. The van der Waals surface area contributed by atoms with E-state index in [2.05, 4.69) is 5.32 Å². The zero-order valence-corrected chi connectivity index (χ0v) is 18.5. The summed E-state index contributed by atoms with van der Waals surface area (Å²) in [4.78, 5) is 13.5. The number of rotatable bonds is 8. The van der Waals surface area contributed by atoms with Crippen molar-refractivity contribution in [2.45, 2.75) is 37.3 Å². The summed E-state index contributed by atoms with van der Waals surface area (Å²) < 4.78 is 33.1. The van der Waals surface area contributed by atoms with E-state index >= 15 is 0 Å². The molecule has 0 spiro atoms. The van der Waals surface area contributed by atoms with Gasteiger partial charge in [0, 0.05) is 24.5 Å². The van der Waals surface area contributed by atoms with Gasteiger partial charge < -0.3 is 10.1 Å². The third-order valence-electron chi connectivity index (χ3n) is 4.94. The van der Waals surface area contributed by atoms with Crippen molar-refractivity contribution >= 4 is 27.3 Å². The number of aryl methyl sites for hydroxylation is 2. The van der Waals surface area contributed by atoms with Gasteiger partial charge in [-0.05, 0) is 62.9 Å². The Kier molecular flexibility index (Phi) is 7.32. The van der Waals surface area contributed by atoms with Gasteiger partial charge in [0.05, 0.1) is 12.5 Å². The van der Waals surface area contributed by atoms with Crippen molar-refractivity contribution in [3.63, 3.8) is 0 Å². The fraction of sp³-hybridized carbons (Fsp3) is 0.476. The van der Waals surface area contributed by atoms with Crippen LogP contribution in [0, 0.1) is 19.8 Å². The lowest BCUT2D eigenvalue weighted by Gasteiger charge is -2.30. The van der Waals surface area contributed by atoms with Gasteiger partial charge in [-0.15, -0.1) is 11.3 Å². The number of hydrogen-bond acceptors (Lipinski definition) is 5. The monoisotopic (exact) mass is 436 g/mol. The number of piperidine rings is 1. The Morgan fingerprint density at radius 2 is 2.10 bits per heavy atom. The molecule has 8 heteroatoms. The quantitative estimate of drug-likeness (QED) is 0.644. The lowest BCUT2D eigenvalue weighted by atomic mass is 9.99. The lowest BCUT2D eigenvalue weighted by molar-refractivity contribution is -0.126. The first-order valence-electron chi connectivity index (χ1n) is 9.90. The van der Waals surface area contributed by atoms with E-state index in [0.29, 0.717) is 43.2 Å². The fourth-order valence-corrected chi connectivity index (χ4v) is 6.34. The predicted octanol–water partition coefficient (Wildman–Crippen LogP) is 3.35. The molecule has 1 N–H and O–H groups in total. The van der Waals surface area contributed by atoms with Gasteiger partial charge >= 0.3 is 0 Å². The van der Waals surface area contributed by atoms with Crippen molar-refractivity contribution in [2.24, 2.45) is 5.92 Å². The largest absolute Gasteiger partial charge is 0.494 e. The SMILES string of the molecule is Cc1cccc(OCCCNC(=O)C2CCCN(S(=O)(=O)c3ccc(C)s3)C2)c1. The second kappa shape index (κ2) is 9.73. The highest BCUT2D eigenvalue weighted by molar-refractivity contribution is 7.91. The first-order valence-corrected chi connectivity index (χ1v) is 12.2. The zero-order valence-electron chi connectivity index (χ0n) is 16.9. The Morgan fingerprint density at radius 1 is 1.28 bits per heavy atom. The van der Waals surface area contributed by atoms with E-state index in [-0.39, 0.29) is 18.4 Å². The average Bonchev–Trinajstić information content (AvgIpc) is 3.15. The van der Waals surface area contributed by atoms with Crippen molar-refractivity contribution < 1.29 is 17.9 Å². The van der Waals surface area contributed by atoms with Gasteiger partial charge in [0.25, 0.3) is 10.0 Å². The summed E-state index contributed by atoms with van der Waals surface area (Å²) in [5, 5.41) is 2.93. The van der Waals surface area contributed by atoms with Crippen molar-refractivity contribution in [3.8, 4) is 5.75 Å². The van der Waals surface area contributed by atoms with E-state index in [1.165, 1.54) is 15.6 Å². The normalized spacial score (nSPS) is 17.8. The van der Waals surface area contributed by atoms with Crippen LogP contribution in [0.4, 0.5) is 0 Å². The molecular weight excluding hydrogens is 408 g/mol. The summed E-state index contributed by atoms with van der Waals surface area (Å²) >= 11 is 1.27. The third kappa shape index (κ3) is 5.81. The zero-order chi connectivity index (χ0) is 20.9. The van der Waals surface area contributed by atoms with Gasteiger partial charge in [-0.1, -0.05) is 12.1 Å². The van der Waals surface area contributed by atoms with Gasteiger partial charge in [-0.3, -0.25) is 4.79 Å². The Hall–Kier alpha value is -1.90. The van der Waals surface area contributed by atoms with Crippen LogP contribution in [-0.4, -0.2) is 44.9 Å². The van der Waals surface area contributed by atoms with Crippen LogP contribution in [0.5, 0.6) is 5.75 Å². The number of hydrogen-bond donors (Lipinski definition) is 1. The van der Waals surface area contributed by atoms with Crippen molar-refractivity contribution in [3.05, 3.63) is 46.8 Å². The van der Waals surface area contributed by atoms with Gasteiger partial charge in [-0.2, -0.15) is 4.31 Å². The molecule has 1 saturated heterocycles. The van der Waals surface area contributed by atoms with Crippen LogP contribution in [0.2, 0.25) is 0 Å². The van der Waals surface area contributed by atoms with E-state index in [9.17, 15) is 13.2 Å². The molecule has 2 heterocycles. The van der Waals surface area contributed by atoms with Gasteiger partial charge in [0.15, 0.2) is 0 Å². The van der Waals surface area contributed by atoms with Gasteiger partial charge in [0.1, 0.15) is 9.96 Å². The van der Waals surface area contributed by atoms with Crippen LogP contribution in [0.1, 0.15) is 29.7 Å². The molecule has 29 heavy (non-hydrogen) atoms. The van der Waals surface area contributed by atoms with Crippen molar-refractivity contribution in [1.29, 1.82) is 0 Å². The summed E-state index contributed by atoms with van der Waals surface area (Å²) in [5.41, 5.74) is 1.14. The Bertz CT molecular complexity index is 940. The number of nitrogens with one attached hydrogen (secondary N) is 1. The molecule has 1 atom stereocenters.